The van der Waals surface area contributed by atoms with Gasteiger partial charge in [-0.3, -0.25) is 4.79 Å². The highest BCUT2D eigenvalue weighted by molar-refractivity contribution is 6.69. The van der Waals surface area contributed by atoms with Crippen LogP contribution in [0.2, 0.25) is 19.6 Å². The van der Waals surface area contributed by atoms with Crippen LogP contribution in [0.15, 0.2) is 43.0 Å². The van der Waals surface area contributed by atoms with Crippen molar-refractivity contribution in [2.24, 2.45) is 0 Å². The van der Waals surface area contributed by atoms with E-state index in [-0.39, 0.29) is 30.7 Å². The second kappa shape index (κ2) is 15.2. The van der Waals surface area contributed by atoms with Gasteiger partial charge in [-0.25, -0.2) is 0 Å². The van der Waals surface area contributed by atoms with Gasteiger partial charge in [0.15, 0.2) is 14.6 Å². The molecule has 0 amide bonds. The van der Waals surface area contributed by atoms with Gasteiger partial charge >= 0.3 is 5.97 Å². The summed E-state index contributed by atoms with van der Waals surface area (Å²) < 4.78 is 42.9. The van der Waals surface area contributed by atoms with Gasteiger partial charge in [-0.15, -0.1) is 6.58 Å². The Morgan fingerprint density at radius 2 is 1.83 bits per heavy atom. The average molecular weight is 593 g/mol. The number of carbonyl (C=O) groups is 1. The zero-order chi connectivity index (χ0) is 30.1. The lowest BCUT2D eigenvalue weighted by molar-refractivity contribution is -0.324. The molecule has 0 aromatic heterocycles. The summed E-state index contributed by atoms with van der Waals surface area (Å²) >= 11 is 0. The summed E-state index contributed by atoms with van der Waals surface area (Å²) in [5.74, 6) is -0.311. The van der Waals surface area contributed by atoms with Crippen LogP contribution in [0.4, 0.5) is 0 Å². The molecule has 2 aliphatic heterocycles. The van der Waals surface area contributed by atoms with Crippen LogP contribution in [0, 0.1) is 0 Å². The fourth-order valence-electron chi connectivity index (χ4n) is 5.91. The van der Waals surface area contributed by atoms with Crippen LogP contribution < -0.4 is 0 Å². The Balaban J connectivity index is 1.70. The third-order valence-corrected chi connectivity index (χ3v) is 9.02. The van der Waals surface area contributed by atoms with Crippen LogP contribution in [0.1, 0.15) is 64.4 Å². The van der Waals surface area contributed by atoms with E-state index in [1.807, 2.05) is 31.2 Å². The Morgan fingerprint density at radius 1 is 1.12 bits per heavy atom. The molecular formula is C32H52O8Si. The number of hydrogen-bond donors (Lipinski definition) is 0. The topological polar surface area (TPSA) is 81.7 Å². The molecule has 1 aromatic rings. The van der Waals surface area contributed by atoms with Crippen molar-refractivity contribution >= 4 is 14.3 Å². The molecule has 232 valence electrons. The third-order valence-electron chi connectivity index (χ3n) is 8.03. The lowest BCUT2D eigenvalue weighted by atomic mass is 9.75. The summed E-state index contributed by atoms with van der Waals surface area (Å²) in [7, 11) is 1.21. The molecular weight excluding hydrogens is 540 g/mol. The van der Waals surface area contributed by atoms with Gasteiger partial charge < -0.3 is 32.8 Å². The molecule has 41 heavy (non-hydrogen) atoms. The lowest BCUT2D eigenvalue weighted by Crippen LogP contribution is -2.70. The molecule has 0 spiro atoms. The fourth-order valence-corrected chi connectivity index (χ4v) is 7.09. The van der Waals surface area contributed by atoms with Gasteiger partial charge in [0.05, 0.1) is 31.3 Å². The van der Waals surface area contributed by atoms with Crippen molar-refractivity contribution < 1.29 is 37.6 Å². The van der Waals surface area contributed by atoms with E-state index in [2.05, 4.69) is 45.3 Å². The smallest absolute Gasteiger partial charge is 0.306 e. The second-order valence-electron chi connectivity index (χ2n) is 12.6. The number of benzene rings is 1. The van der Waals surface area contributed by atoms with Gasteiger partial charge in [0.25, 0.3) is 0 Å². The van der Waals surface area contributed by atoms with E-state index in [4.69, 9.17) is 32.8 Å². The first-order valence-electron chi connectivity index (χ1n) is 14.9. The minimum atomic E-state index is -1.91. The Kier molecular flexibility index (Phi) is 12.6. The van der Waals surface area contributed by atoms with E-state index in [1.54, 1.807) is 14.2 Å². The maximum Gasteiger partial charge on any atom is 0.306 e. The summed E-state index contributed by atoms with van der Waals surface area (Å²) in [6.45, 7) is 15.9. The van der Waals surface area contributed by atoms with Crippen LogP contribution in [0.25, 0.3) is 0 Å². The highest BCUT2D eigenvalue weighted by atomic mass is 28.4. The molecule has 0 bridgehead atoms. The Hall–Kier alpha value is -1.59. The number of carbonyl (C=O) groups excluding carboxylic acids is 1. The predicted octanol–water partition coefficient (Wildman–Crippen LogP) is 6.19. The molecule has 0 saturated carbocycles. The number of ether oxygens (including phenoxy) is 6. The van der Waals surface area contributed by atoms with Crippen LogP contribution in [0.3, 0.4) is 0 Å². The SMILES string of the molecule is C=CC[C@@]1(C)O[C@@]2(C)[C@@H](O[Si](C)(C)C)C[C@H](CCCOCc3ccccc3)O[C@@H]2C[C@@H]1OC(=O)CCC(OC)OC. The first-order valence-corrected chi connectivity index (χ1v) is 18.3. The molecule has 2 aliphatic rings. The summed E-state index contributed by atoms with van der Waals surface area (Å²) in [5.41, 5.74) is -0.269. The molecule has 2 saturated heterocycles. The van der Waals surface area contributed by atoms with Crippen molar-refractivity contribution in [3.8, 4) is 0 Å². The van der Waals surface area contributed by atoms with Gasteiger partial charge in [0.2, 0.25) is 0 Å². The molecule has 0 radical (unpaired) electrons. The lowest BCUT2D eigenvalue weighted by Gasteiger charge is -2.58. The highest BCUT2D eigenvalue weighted by Crippen LogP contribution is 2.48. The molecule has 2 heterocycles. The zero-order valence-electron chi connectivity index (χ0n) is 26.2. The van der Waals surface area contributed by atoms with Crippen molar-refractivity contribution in [1.29, 1.82) is 0 Å². The van der Waals surface area contributed by atoms with Gasteiger partial charge in [-0.05, 0) is 58.3 Å². The molecule has 0 aliphatic carbocycles. The van der Waals surface area contributed by atoms with Crippen LogP contribution in [0.5, 0.6) is 0 Å². The fraction of sp³-hybridized carbons (Fsp3) is 0.719. The molecule has 1 aromatic carbocycles. The number of hydrogen-bond acceptors (Lipinski definition) is 8. The van der Waals surface area contributed by atoms with E-state index in [1.165, 1.54) is 5.56 Å². The van der Waals surface area contributed by atoms with Crippen molar-refractivity contribution in [3.63, 3.8) is 0 Å². The van der Waals surface area contributed by atoms with Crippen molar-refractivity contribution in [2.75, 3.05) is 20.8 Å². The quantitative estimate of drug-likeness (QED) is 0.0740. The summed E-state index contributed by atoms with van der Waals surface area (Å²) in [6.07, 6.45) is 4.62. The van der Waals surface area contributed by atoms with Gasteiger partial charge in [-0.2, -0.15) is 0 Å². The molecule has 0 N–H and O–H groups in total. The summed E-state index contributed by atoms with van der Waals surface area (Å²) in [4.78, 5) is 12.9. The zero-order valence-corrected chi connectivity index (χ0v) is 27.2. The van der Waals surface area contributed by atoms with Gasteiger partial charge in [-0.1, -0.05) is 36.4 Å². The normalized spacial score (nSPS) is 30.1. The maximum absolute atomic E-state index is 12.9. The second-order valence-corrected chi connectivity index (χ2v) is 17.1. The standard InChI is InChI=1S/C32H52O8Si/c1-9-19-31(2)26(38-29(33)17-18-30(34-4)35-5)22-27-32(3,40-31)28(39-41(6,7)8)21-25(37-27)16-13-20-36-23-24-14-11-10-12-15-24/h9-12,14-15,25-28,30H,1,13,16-23H2,2-8H3/t25-,26-,27+,28-,31+,32+/m0/s1. The van der Waals surface area contributed by atoms with E-state index in [0.29, 0.717) is 32.5 Å². The first-order chi connectivity index (χ1) is 19.4. The van der Waals surface area contributed by atoms with Crippen LogP contribution >= 0.6 is 0 Å². The molecule has 9 heteroatoms. The molecule has 2 fully saturated rings. The number of rotatable bonds is 16. The summed E-state index contributed by atoms with van der Waals surface area (Å²) in [5, 5.41) is 0. The van der Waals surface area contributed by atoms with E-state index >= 15 is 0 Å². The maximum atomic E-state index is 12.9. The molecule has 6 atom stereocenters. The van der Waals surface area contributed by atoms with Crippen LogP contribution in [-0.2, 0) is 44.2 Å². The molecule has 0 unspecified atom stereocenters. The van der Waals surface area contributed by atoms with Crippen molar-refractivity contribution in [2.45, 2.75) is 127 Å². The minimum Gasteiger partial charge on any atom is -0.459 e. The number of esters is 1. The third kappa shape index (κ3) is 9.71. The Bertz CT molecular complexity index is 949. The van der Waals surface area contributed by atoms with E-state index < -0.39 is 31.9 Å². The highest BCUT2D eigenvalue weighted by Gasteiger charge is 2.60. The summed E-state index contributed by atoms with van der Waals surface area (Å²) in [6, 6.07) is 10.2. The Morgan fingerprint density at radius 3 is 2.46 bits per heavy atom. The predicted molar refractivity (Wildman–Crippen MR) is 161 cm³/mol. The van der Waals surface area contributed by atoms with Gasteiger partial charge in [0.1, 0.15) is 17.3 Å². The number of methoxy groups -OCH3 is 2. The minimum absolute atomic E-state index is 0.00243. The molecule has 3 rings (SSSR count). The van der Waals surface area contributed by atoms with E-state index in [0.717, 1.165) is 19.3 Å². The largest absolute Gasteiger partial charge is 0.459 e. The van der Waals surface area contributed by atoms with E-state index in [9.17, 15) is 4.79 Å². The Labute approximate surface area is 248 Å². The first kappa shape index (κ1) is 33.9. The van der Waals surface area contributed by atoms with Crippen molar-refractivity contribution in [1.82, 2.24) is 0 Å². The monoisotopic (exact) mass is 592 g/mol. The van der Waals surface area contributed by atoms with Crippen LogP contribution in [-0.4, -0.2) is 77.0 Å². The molecule has 8 nitrogen and oxygen atoms in total. The van der Waals surface area contributed by atoms with Gasteiger partial charge in [0, 0.05) is 40.1 Å². The average Bonchev–Trinajstić information content (AvgIpc) is 2.90. The number of fused-ring (bicyclic) bond motifs is 1. The van der Waals surface area contributed by atoms with Crippen molar-refractivity contribution in [3.05, 3.63) is 48.6 Å².